The largest absolute Gasteiger partial charge is 0.0872 e. The monoisotopic (exact) mass is 222 g/mol. The maximum absolute atomic E-state index is 2.42. The lowest BCUT2D eigenvalue weighted by Crippen LogP contribution is -2.17. The molecule has 0 unspecified atom stereocenters. The van der Waals surface area contributed by atoms with E-state index in [2.05, 4.69) is 43.9 Å². The first kappa shape index (κ1) is 12.8. The molecule has 0 N–H and O–H groups in total. The minimum atomic E-state index is -0.867. The van der Waals surface area contributed by atoms with Crippen LogP contribution in [-0.2, 0) is 0 Å². The van der Waals surface area contributed by atoms with Gasteiger partial charge in [0.2, 0.25) is 0 Å². The second-order valence-corrected chi connectivity index (χ2v) is 11.5. The molecule has 15 heavy (non-hydrogen) atoms. The Morgan fingerprint density at radius 2 is 1.67 bits per heavy atom. The molecular weight excluding hydrogens is 196 g/mol. The lowest BCUT2D eigenvalue weighted by molar-refractivity contribution is 0.419. The van der Waals surface area contributed by atoms with Gasteiger partial charge in [0.05, 0.1) is 0 Å². The van der Waals surface area contributed by atoms with Gasteiger partial charge in [0.25, 0.3) is 0 Å². The maximum atomic E-state index is 2.42. The zero-order valence-corrected chi connectivity index (χ0v) is 11.6. The van der Waals surface area contributed by atoms with Crippen LogP contribution in [0.5, 0.6) is 0 Å². The van der Waals surface area contributed by atoms with Crippen LogP contribution in [-0.4, -0.2) is 8.07 Å². The molecule has 0 aliphatic heterocycles. The molecule has 1 rings (SSSR count). The van der Waals surface area contributed by atoms with Gasteiger partial charge in [0, 0.05) is 8.07 Å². The van der Waals surface area contributed by atoms with Gasteiger partial charge >= 0.3 is 0 Å². The normalized spacial score (nSPS) is 20.5. The van der Waals surface area contributed by atoms with Gasteiger partial charge < -0.3 is 0 Å². The summed E-state index contributed by atoms with van der Waals surface area (Å²) < 4.78 is 0. The lowest BCUT2D eigenvalue weighted by Gasteiger charge is -2.17. The summed E-state index contributed by atoms with van der Waals surface area (Å²) in [5.74, 6) is 0.871. The molecule has 1 saturated carbocycles. The average Bonchev–Trinajstić information content (AvgIpc) is 2.17. The summed E-state index contributed by atoms with van der Waals surface area (Å²) >= 11 is 0. The first-order valence-corrected chi connectivity index (χ1v) is 10.1. The Morgan fingerprint density at radius 3 is 2.27 bits per heavy atom. The summed E-state index contributed by atoms with van der Waals surface area (Å²) in [6.07, 6.45) is 16.5. The van der Waals surface area contributed by atoms with Gasteiger partial charge in [-0.2, -0.15) is 0 Å². The minimum absolute atomic E-state index is 0.867. The highest BCUT2D eigenvalue weighted by Gasteiger charge is 2.10. The van der Waals surface area contributed by atoms with E-state index < -0.39 is 8.07 Å². The molecule has 0 bridgehead atoms. The molecule has 1 fully saturated rings. The van der Waals surface area contributed by atoms with Crippen LogP contribution in [0.25, 0.3) is 0 Å². The van der Waals surface area contributed by atoms with Crippen molar-refractivity contribution in [2.24, 2.45) is 5.92 Å². The molecule has 0 nitrogen and oxygen atoms in total. The van der Waals surface area contributed by atoms with Gasteiger partial charge in [-0.05, 0) is 24.8 Å². The molecular formula is C14H26Si. The Balaban J connectivity index is 2.20. The first-order valence-electron chi connectivity index (χ1n) is 6.41. The topological polar surface area (TPSA) is 0 Å². The molecule has 0 amide bonds. The van der Waals surface area contributed by atoms with Crippen molar-refractivity contribution in [1.82, 2.24) is 0 Å². The molecule has 1 aliphatic rings. The van der Waals surface area contributed by atoms with Crippen LogP contribution in [0.15, 0.2) is 24.3 Å². The van der Waals surface area contributed by atoms with Crippen LogP contribution < -0.4 is 0 Å². The Morgan fingerprint density at radius 1 is 1.00 bits per heavy atom. The Hall–Kier alpha value is -0.303. The predicted octanol–water partition coefficient (Wildman–Crippen LogP) is 5.02. The fraction of sp³-hybridized carbons (Fsp3) is 0.714. The van der Waals surface area contributed by atoms with Crippen LogP contribution in [0.1, 0.15) is 32.1 Å². The lowest BCUT2D eigenvalue weighted by atomic mass is 9.89. The SMILES string of the molecule is C[Si](C)(C)C/C=C\C=C\C1CCCCC1. The predicted molar refractivity (Wildman–Crippen MR) is 73.0 cm³/mol. The molecule has 0 spiro atoms. The highest BCUT2D eigenvalue weighted by Crippen LogP contribution is 2.24. The fourth-order valence-corrected chi connectivity index (χ4v) is 2.89. The summed E-state index contributed by atoms with van der Waals surface area (Å²) in [5.41, 5.74) is 0. The van der Waals surface area contributed by atoms with Crippen LogP contribution in [0, 0.1) is 5.92 Å². The zero-order chi connectivity index (χ0) is 11.1. The standard InChI is InChI=1S/C14H26Si/c1-15(2,3)13-9-5-8-12-14-10-6-4-7-11-14/h5,8-9,12,14H,4,6-7,10-11,13H2,1-3H3/b9-5-,12-8+. The van der Waals surface area contributed by atoms with Crippen molar-refractivity contribution < 1.29 is 0 Å². The molecule has 0 aromatic carbocycles. The average molecular weight is 222 g/mol. The minimum Gasteiger partial charge on any atom is -0.0872 e. The van der Waals surface area contributed by atoms with E-state index in [9.17, 15) is 0 Å². The molecule has 0 saturated heterocycles. The maximum Gasteiger partial charge on any atom is 0.0480 e. The van der Waals surface area contributed by atoms with Gasteiger partial charge in [0.1, 0.15) is 0 Å². The van der Waals surface area contributed by atoms with E-state index >= 15 is 0 Å². The molecule has 0 aromatic rings. The number of hydrogen-bond acceptors (Lipinski definition) is 0. The smallest absolute Gasteiger partial charge is 0.0480 e. The Labute approximate surface area is 96.5 Å². The third kappa shape index (κ3) is 6.72. The molecule has 1 heteroatoms. The third-order valence-electron chi connectivity index (χ3n) is 3.01. The van der Waals surface area contributed by atoms with E-state index in [4.69, 9.17) is 0 Å². The molecule has 1 aliphatic carbocycles. The summed E-state index contributed by atoms with van der Waals surface area (Å²) in [7, 11) is -0.867. The van der Waals surface area contributed by atoms with E-state index in [1.807, 2.05) is 0 Å². The van der Waals surface area contributed by atoms with Crippen molar-refractivity contribution >= 4 is 8.07 Å². The molecule has 0 heterocycles. The van der Waals surface area contributed by atoms with Crippen molar-refractivity contribution in [1.29, 1.82) is 0 Å². The number of hydrogen-bond donors (Lipinski definition) is 0. The van der Waals surface area contributed by atoms with Crippen LogP contribution >= 0.6 is 0 Å². The van der Waals surface area contributed by atoms with Gasteiger partial charge in [-0.1, -0.05) is 63.2 Å². The third-order valence-corrected chi connectivity index (χ3v) is 4.47. The van der Waals surface area contributed by atoms with Gasteiger partial charge in [-0.3, -0.25) is 0 Å². The van der Waals surface area contributed by atoms with Crippen molar-refractivity contribution in [3.63, 3.8) is 0 Å². The quantitative estimate of drug-likeness (QED) is 0.463. The van der Waals surface area contributed by atoms with E-state index in [-0.39, 0.29) is 0 Å². The summed E-state index contributed by atoms with van der Waals surface area (Å²) in [4.78, 5) is 0. The first-order chi connectivity index (χ1) is 7.08. The number of allylic oxidation sites excluding steroid dienone is 4. The van der Waals surface area contributed by atoms with Gasteiger partial charge in [0.15, 0.2) is 0 Å². The van der Waals surface area contributed by atoms with E-state index in [0.717, 1.165) is 5.92 Å². The van der Waals surface area contributed by atoms with E-state index in [1.165, 1.54) is 38.1 Å². The van der Waals surface area contributed by atoms with E-state index in [1.54, 1.807) is 0 Å². The summed E-state index contributed by atoms with van der Waals surface area (Å²) in [6.45, 7) is 7.26. The molecule has 86 valence electrons. The summed E-state index contributed by atoms with van der Waals surface area (Å²) in [6, 6.07) is 1.31. The second kappa shape index (κ2) is 6.32. The van der Waals surface area contributed by atoms with Crippen molar-refractivity contribution in [3.05, 3.63) is 24.3 Å². The van der Waals surface area contributed by atoms with Crippen molar-refractivity contribution in [3.8, 4) is 0 Å². The number of rotatable bonds is 4. The van der Waals surface area contributed by atoms with Crippen molar-refractivity contribution in [2.75, 3.05) is 0 Å². The Bertz CT molecular complexity index is 214. The molecule has 0 aromatic heterocycles. The second-order valence-electron chi connectivity index (χ2n) is 5.98. The van der Waals surface area contributed by atoms with Crippen LogP contribution in [0.4, 0.5) is 0 Å². The van der Waals surface area contributed by atoms with Crippen LogP contribution in [0.3, 0.4) is 0 Å². The fourth-order valence-electron chi connectivity index (χ4n) is 2.05. The Kier molecular flexibility index (Phi) is 5.38. The van der Waals surface area contributed by atoms with E-state index in [0.29, 0.717) is 0 Å². The van der Waals surface area contributed by atoms with Gasteiger partial charge in [-0.25, -0.2) is 0 Å². The van der Waals surface area contributed by atoms with Crippen LogP contribution in [0.2, 0.25) is 25.7 Å². The zero-order valence-electron chi connectivity index (χ0n) is 10.6. The summed E-state index contributed by atoms with van der Waals surface area (Å²) in [5, 5.41) is 0. The molecule has 0 radical (unpaired) electrons. The highest BCUT2D eigenvalue weighted by atomic mass is 28.3. The highest BCUT2D eigenvalue weighted by molar-refractivity contribution is 6.76. The molecule has 0 atom stereocenters. The van der Waals surface area contributed by atoms with Gasteiger partial charge in [-0.15, -0.1) is 0 Å². The van der Waals surface area contributed by atoms with Crippen molar-refractivity contribution in [2.45, 2.75) is 57.8 Å².